The summed E-state index contributed by atoms with van der Waals surface area (Å²) in [5, 5.41) is 6.51. The number of anilines is 1. The van der Waals surface area contributed by atoms with Crippen molar-refractivity contribution in [3.05, 3.63) is 89.7 Å². The number of methoxy groups -OCH3 is 1. The second-order valence-electron chi connectivity index (χ2n) is 7.99. The first-order chi connectivity index (χ1) is 17.4. The fourth-order valence-corrected chi connectivity index (χ4v) is 3.53. The van der Waals surface area contributed by atoms with E-state index in [0.717, 1.165) is 16.5 Å². The maximum Gasteiger partial charge on any atom is 0.291 e. The van der Waals surface area contributed by atoms with Gasteiger partial charge < -0.3 is 30.3 Å². The molecule has 0 saturated heterocycles. The van der Waals surface area contributed by atoms with E-state index in [1.807, 2.05) is 18.2 Å². The minimum absolute atomic E-state index is 0.165. The summed E-state index contributed by atoms with van der Waals surface area (Å²) in [6.07, 6.45) is 0.175. The van der Waals surface area contributed by atoms with Gasteiger partial charge in [0.1, 0.15) is 5.58 Å². The maximum absolute atomic E-state index is 12.5. The summed E-state index contributed by atoms with van der Waals surface area (Å²) in [4.78, 5) is 35.8. The molecule has 1 aromatic heterocycles. The number of hydrogen-bond donors (Lipinski definition) is 3. The molecule has 9 nitrogen and oxygen atoms in total. The lowest BCUT2D eigenvalue weighted by Crippen LogP contribution is -2.24. The SMILES string of the molecule is COc1cc(CNC(=O)Cc2ccc(NC(=O)c3cc4ccccc4o3)cc2)ccc1OCC(N)=O. The van der Waals surface area contributed by atoms with E-state index < -0.39 is 5.91 Å². The van der Waals surface area contributed by atoms with Crippen molar-refractivity contribution in [3.8, 4) is 11.5 Å². The van der Waals surface area contributed by atoms with E-state index >= 15 is 0 Å². The minimum Gasteiger partial charge on any atom is -0.493 e. The predicted molar refractivity (Wildman–Crippen MR) is 134 cm³/mol. The molecular weight excluding hydrogens is 462 g/mol. The molecule has 0 bridgehead atoms. The maximum atomic E-state index is 12.5. The van der Waals surface area contributed by atoms with Crippen molar-refractivity contribution >= 4 is 34.4 Å². The van der Waals surface area contributed by atoms with Crippen molar-refractivity contribution in [2.75, 3.05) is 19.0 Å². The normalized spacial score (nSPS) is 10.6. The fourth-order valence-electron chi connectivity index (χ4n) is 3.53. The zero-order valence-corrected chi connectivity index (χ0v) is 19.6. The average molecular weight is 488 g/mol. The third-order valence-corrected chi connectivity index (χ3v) is 5.31. The van der Waals surface area contributed by atoms with E-state index in [2.05, 4.69) is 10.6 Å². The molecule has 3 amide bonds. The summed E-state index contributed by atoms with van der Waals surface area (Å²) < 4.78 is 16.2. The third kappa shape index (κ3) is 6.20. The Morgan fingerprint density at radius 1 is 0.917 bits per heavy atom. The van der Waals surface area contributed by atoms with Crippen molar-refractivity contribution < 1.29 is 28.3 Å². The van der Waals surface area contributed by atoms with Gasteiger partial charge in [-0.15, -0.1) is 0 Å². The molecule has 0 aliphatic heterocycles. The Morgan fingerprint density at radius 2 is 1.67 bits per heavy atom. The highest BCUT2D eigenvalue weighted by molar-refractivity contribution is 6.04. The zero-order chi connectivity index (χ0) is 25.5. The van der Waals surface area contributed by atoms with Crippen LogP contribution < -0.4 is 25.8 Å². The Hall–Kier alpha value is -4.79. The van der Waals surface area contributed by atoms with E-state index in [1.54, 1.807) is 54.6 Å². The number of primary amides is 1. The molecule has 0 aliphatic carbocycles. The molecule has 4 aromatic rings. The topological polar surface area (TPSA) is 133 Å². The highest BCUT2D eigenvalue weighted by atomic mass is 16.5. The van der Waals surface area contributed by atoms with E-state index in [9.17, 15) is 14.4 Å². The summed E-state index contributed by atoms with van der Waals surface area (Å²) in [5.41, 5.74) is 7.93. The molecule has 0 saturated carbocycles. The molecule has 9 heteroatoms. The lowest BCUT2D eigenvalue weighted by atomic mass is 10.1. The van der Waals surface area contributed by atoms with Crippen LogP contribution in [0.1, 0.15) is 21.7 Å². The fraction of sp³-hybridized carbons (Fsp3) is 0.148. The van der Waals surface area contributed by atoms with Gasteiger partial charge in [-0.2, -0.15) is 0 Å². The molecule has 0 aliphatic rings. The summed E-state index contributed by atoms with van der Waals surface area (Å²) in [7, 11) is 1.48. The molecule has 184 valence electrons. The molecule has 0 unspecified atom stereocenters. The van der Waals surface area contributed by atoms with Gasteiger partial charge in [0, 0.05) is 17.6 Å². The number of carbonyl (C=O) groups excluding carboxylic acids is 3. The van der Waals surface area contributed by atoms with E-state index in [-0.39, 0.29) is 37.1 Å². The first-order valence-corrected chi connectivity index (χ1v) is 11.1. The number of furan rings is 1. The van der Waals surface area contributed by atoms with Crippen LogP contribution in [-0.4, -0.2) is 31.4 Å². The monoisotopic (exact) mass is 487 g/mol. The molecule has 0 fully saturated rings. The van der Waals surface area contributed by atoms with Crippen LogP contribution in [0.5, 0.6) is 11.5 Å². The van der Waals surface area contributed by atoms with Gasteiger partial charge in [-0.05, 0) is 47.5 Å². The Bertz CT molecular complexity index is 1360. The molecule has 0 atom stereocenters. The number of nitrogens with two attached hydrogens (primary N) is 1. The van der Waals surface area contributed by atoms with E-state index in [0.29, 0.717) is 22.8 Å². The summed E-state index contributed by atoms with van der Waals surface area (Å²) in [6, 6.07) is 21.3. The molecule has 3 aromatic carbocycles. The van der Waals surface area contributed by atoms with Crippen molar-refractivity contribution in [1.29, 1.82) is 0 Å². The lowest BCUT2D eigenvalue weighted by Gasteiger charge is -2.12. The van der Waals surface area contributed by atoms with Crippen molar-refractivity contribution in [2.45, 2.75) is 13.0 Å². The Morgan fingerprint density at radius 3 is 2.39 bits per heavy atom. The first kappa shape index (κ1) is 24.3. The number of nitrogens with one attached hydrogen (secondary N) is 2. The Kier molecular flexibility index (Phi) is 7.50. The third-order valence-electron chi connectivity index (χ3n) is 5.31. The van der Waals surface area contributed by atoms with Gasteiger partial charge >= 0.3 is 0 Å². The minimum atomic E-state index is -0.588. The summed E-state index contributed by atoms with van der Waals surface area (Å²) >= 11 is 0. The average Bonchev–Trinajstić information content (AvgIpc) is 3.32. The summed E-state index contributed by atoms with van der Waals surface area (Å²) in [6.45, 7) is 0.0335. The van der Waals surface area contributed by atoms with Crippen LogP contribution in [0.3, 0.4) is 0 Å². The molecule has 36 heavy (non-hydrogen) atoms. The predicted octanol–water partition coefficient (Wildman–Crippen LogP) is 3.42. The number of amides is 3. The van der Waals surface area contributed by atoms with Crippen LogP contribution in [0.25, 0.3) is 11.0 Å². The largest absolute Gasteiger partial charge is 0.493 e. The number of carbonyl (C=O) groups is 3. The smallest absolute Gasteiger partial charge is 0.291 e. The molecule has 1 heterocycles. The number of ether oxygens (including phenoxy) is 2. The van der Waals surface area contributed by atoms with Crippen LogP contribution in [0.4, 0.5) is 5.69 Å². The lowest BCUT2D eigenvalue weighted by molar-refractivity contribution is -0.121. The highest BCUT2D eigenvalue weighted by Crippen LogP contribution is 2.28. The zero-order valence-electron chi connectivity index (χ0n) is 19.6. The van der Waals surface area contributed by atoms with Gasteiger partial charge in [0.15, 0.2) is 23.9 Å². The number of rotatable bonds is 10. The van der Waals surface area contributed by atoms with Crippen LogP contribution >= 0.6 is 0 Å². The molecule has 4 rings (SSSR count). The van der Waals surface area contributed by atoms with Gasteiger partial charge in [0.05, 0.1) is 13.5 Å². The van der Waals surface area contributed by atoms with E-state index in [4.69, 9.17) is 19.6 Å². The first-order valence-electron chi connectivity index (χ1n) is 11.1. The standard InChI is InChI=1S/C27H25N3O6/c1-34-23-12-18(8-11-22(23)35-16-25(28)31)15-29-26(32)13-17-6-9-20(10-7-17)30-27(33)24-14-19-4-2-3-5-21(19)36-24/h2-12,14H,13,15-16H2,1H3,(H2,28,31)(H,29,32)(H,30,33). The number of para-hydroxylation sites is 1. The van der Waals surface area contributed by atoms with Crippen LogP contribution in [0.2, 0.25) is 0 Å². The highest BCUT2D eigenvalue weighted by Gasteiger charge is 2.13. The number of benzene rings is 3. The van der Waals surface area contributed by atoms with Crippen molar-refractivity contribution in [1.82, 2.24) is 5.32 Å². The van der Waals surface area contributed by atoms with Crippen molar-refractivity contribution in [3.63, 3.8) is 0 Å². The van der Waals surface area contributed by atoms with Gasteiger partial charge in [-0.1, -0.05) is 36.4 Å². The quantitative estimate of drug-likeness (QED) is 0.314. The Balaban J connectivity index is 1.28. The second kappa shape index (κ2) is 11.1. The molecule has 0 spiro atoms. The Labute approximate surface area is 207 Å². The van der Waals surface area contributed by atoms with Gasteiger partial charge in [0.25, 0.3) is 11.8 Å². The number of hydrogen-bond acceptors (Lipinski definition) is 6. The van der Waals surface area contributed by atoms with Crippen LogP contribution in [0.15, 0.2) is 77.2 Å². The molecule has 4 N–H and O–H groups in total. The summed E-state index contributed by atoms with van der Waals surface area (Å²) in [5.74, 6) is -0.0545. The van der Waals surface area contributed by atoms with Crippen LogP contribution in [-0.2, 0) is 22.6 Å². The van der Waals surface area contributed by atoms with E-state index in [1.165, 1.54) is 7.11 Å². The van der Waals surface area contributed by atoms with Gasteiger partial charge in [0.2, 0.25) is 5.91 Å². The molecule has 0 radical (unpaired) electrons. The van der Waals surface area contributed by atoms with Gasteiger partial charge in [-0.25, -0.2) is 0 Å². The molecular formula is C27H25N3O6. The second-order valence-corrected chi connectivity index (χ2v) is 7.99. The number of fused-ring (bicyclic) bond motifs is 1. The van der Waals surface area contributed by atoms with Crippen LogP contribution in [0, 0.1) is 0 Å². The van der Waals surface area contributed by atoms with Crippen molar-refractivity contribution in [2.24, 2.45) is 5.73 Å². The van der Waals surface area contributed by atoms with Gasteiger partial charge in [-0.3, -0.25) is 14.4 Å².